The van der Waals surface area contributed by atoms with E-state index in [4.69, 9.17) is 9.47 Å². The molecule has 5 nitrogen and oxygen atoms in total. The van der Waals surface area contributed by atoms with Gasteiger partial charge in [0.15, 0.2) is 0 Å². The van der Waals surface area contributed by atoms with Gasteiger partial charge in [0, 0.05) is 45.4 Å². The highest BCUT2D eigenvalue weighted by atomic mass is 16.6. The molecular weight excluding hydrogens is 316 g/mol. The Kier molecular flexibility index (Phi) is 8.76. The Hall–Kier alpha value is -1.75. The second kappa shape index (κ2) is 10.3. The van der Waals surface area contributed by atoms with Crippen LogP contribution in [-0.2, 0) is 9.47 Å². The molecule has 0 radical (unpaired) electrons. The van der Waals surface area contributed by atoms with Crippen molar-refractivity contribution in [3.63, 3.8) is 0 Å². The first kappa shape index (κ1) is 21.3. The lowest BCUT2D eigenvalue weighted by Crippen LogP contribution is -2.35. The summed E-state index contributed by atoms with van der Waals surface area (Å²) < 4.78 is 10.7. The molecule has 1 aromatic rings. The molecule has 0 aromatic heterocycles. The van der Waals surface area contributed by atoms with Gasteiger partial charge in [-0.05, 0) is 46.2 Å². The first-order chi connectivity index (χ1) is 11.7. The third-order valence-electron chi connectivity index (χ3n) is 3.77. The molecule has 0 N–H and O–H groups in total. The number of anilines is 1. The number of ether oxygens (including phenoxy) is 2. The number of carbonyl (C=O) groups is 1. The van der Waals surface area contributed by atoms with E-state index < -0.39 is 5.60 Å². The Morgan fingerprint density at radius 3 is 2.36 bits per heavy atom. The number of carbonyl (C=O) groups excluding carboxylic acids is 1. The zero-order chi connectivity index (χ0) is 18.9. The first-order valence-corrected chi connectivity index (χ1v) is 9.01. The first-order valence-electron chi connectivity index (χ1n) is 9.01. The van der Waals surface area contributed by atoms with Crippen LogP contribution in [0.1, 0.15) is 34.1 Å². The van der Waals surface area contributed by atoms with Crippen molar-refractivity contribution in [3.05, 3.63) is 30.3 Å². The van der Waals surface area contributed by atoms with Crippen LogP contribution >= 0.6 is 0 Å². The zero-order valence-corrected chi connectivity index (χ0v) is 16.6. The Morgan fingerprint density at radius 2 is 1.88 bits per heavy atom. The predicted molar refractivity (Wildman–Crippen MR) is 103 cm³/mol. The highest BCUT2D eigenvalue weighted by molar-refractivity contribution is 5.68. The van der Waals surface area contributed by atoms with Gasteiger partial charge in [-0.2, -0.15) is 0 Å². The monoisotopic (exact) mass is 350 g/mol. The van der Waals surface area contributed by atoms with Crippen LogP contribution in [0.25, 0.3) is 0 Å². The number of hydrogen-bond acceptors (Lipinski definition) is 4. The van der Waals surface area contributed by atoms with E-state index in [2.05, 4.69) is 17.0 Å². The summed E-state index contributed by atoms with van der Waals surface area (Å²) in [6.07, 6.45) is 0.811. The van der Waals surface area contributed by atoms with Gasteiger partial charge in [0.2, 0.25) is 0 Å². The third-order valence-corrected chi connectivity index (χ3v) is 3.77. The summed E-state index contributed by atoms with van der Waals surface area (Å²) in [7, 11) is 4.07. The lowest BCUT2D eigenvalue weighted by atomic mass is 10.1. The maximum absolute atomic E-state index is 11.7. The van der Waals surface area contributed by atoms with E-state index in [1.165, 1.54) is 5.69 Å². The van der Waals surface area contributed by atoms with E-state index in [0.717, 1.165) is 32.7 Å². The number of amides is 1. The summed E-state index contributed by atoms with van der Waals surface area (Å²) in [6, 6.07) is 10.3. The molecule has 1 aromatic carbocycles. The minimum absolute atomic E-state index is 0.202. The second-order valence-electron chi connectivity index (χ2n) is 7.47. The molecule has 0 aliphatic carbocycles. The van der Waals surface area contributed by atoms with Crippen LogP contribution < -0.4 is 4.90 Å². The summed E-state index contributed by atoms with van der Waals surface area (Å²) in [5.74, 6) is 0.465. The van der Waals surface area contributed by atoms with Gasteiger partial charge < -0.3 is 19.3 Å². The van der Waals surface area contributed by atoms with Gasteiger partial charge >= 0.3 is 6.09 Å². The van der Waals surface area contributed by atoms with E-state index in [1.807, 2.05) is 60.0 Å². The molecule has 1 atom stereocenters. The summed E-state index contributed by atoms with van der Waals surface area (Å²) in [5, 5.41) is 0. The average molecular weight is 351 g/mol. The molecule has 1 unspecified atom stereocenters. The Morgan fingerprint density at radius 1 is 1.24 bits per heavy atom. The molecule has 142 valence electrons. The van der Waals surface area contributed by atoms with Crippen molar-refractivity contribution in [2.45, 2.75) is 39.7 Å². The van der Waals surface area contributed by atoms with E-state index >= 15 is 0 Å². The maximum Gasteiger partial charge on any atom is 0.410 e. The van der Waals surface area contributed by atoms with Crippen molar-refractivity contribution >= 4 is 11.8 Å². The molecule has 0 spiro atoms. The largest absolute Gasteiger partial charge is 0.444 e. The fourth-order valence-corrected chi connectivity index (χ4v) is 2.47. The van der Waals surface area contributed by atoms with Crippen molar-refractivity contribution in [2.24, 2.45) is 5.92 Å². The van der Waals surface area contributed by atoms with Crippen molar-refractivity contribution in [2.75, 3.05) is 45.3 Å². The van der Waals surface area contributed by atoms with Crippen molar-refractivity contribution in [3.8, 4) is 0 Å². The number of nitrogens with zero attached hydrogens (tertiary/aromatic N) is 2. The van der Waals surface area contributed by atoms with E-state index in [0.29, 0.717) is 5.92 Å². The highest BCUT2D eigenvalue weighted by Crippen LogP contribution is 2.19. The van der Waals surface area contributed by atoms with Crippen molar-refractivity contribution in [1.82, 2.24) is 4.90 Å². The molecule has 1 aliphatic rings. The molecule has 25 heavy (non-hydrogen) atoms. The summed E-state index contributed by atoms with van der Waals surface area (Å²) >= 11 is 0. The quantitative estimate of drug-likeness (QED) is 0.822. The normalized spacial score (nSPS) is 16.9. The number of para-hydroxylation sites is 1. The SMILES string of the molecule is CCOCC1CCN(C(=O)OC(C)(C)C)C1.CN(C)c1ccccc1. The van der Waals surface area contributed by atoms with Crippen LogP contribution in [0.3, 0.4) is 0 Å². The second-order valence-corrected chi connectivity index (χ2v) is 7.47. The lowest BCUT2D eigenvalue weighted by molar-refractivity contribution is 0.0276. The van der Waals surface area contributed by atoms with Gasteiger partial charge in [-0.15, -0.1) is 0 Å². The maximum atomic E-state index is 11.7. The summed E-state index contributed by atoms with van der Waals surface area (Å²) in [4.78, 5) is 15.6. The molecular formula is C20H34N2O3. The minimum Gasteiger partial charge on any atom is -0.444 e. The summed E-state index contributed by atoms with van der Waals surface area (Å²) in [5.41, 5.74) is 0.840. The Balaban J connectivity index is 0.000000293. The van der Waals surface area contributed by atoms with Crippen LogP contribution in [0.5, 0.6) is 0 Å². The molecule has 1 amide bonds. The predicted octanol–water partition coefficient (Wildman–Crippen LogP) is 4.03. The molecule has 1 saturated heterocycles. The van der Waals surface area contributed by atoms with Crippen LogP contribution in [0.15, 0.2) is 30.3 Å². The van der Waals surface area contributed by atoms with Crippen LogP contribution in [-0.4, -0.2) is 57.0 Å². The molecule has 0 saturated carbocycles. The minimum atomic E-state index is -0.408. The molecule has 1 aliphatic heterocycles. The fraction of sp³-hybridized carbons (Fsp3) is 0.650. The number of likely N-dealkylation sites (tertiary alicyclic amines) is 1. The third kappa shape index (κ3) is 8.77. The molecule has 1 fully saturated rings. The molecule has 2 rings (SSSR count). The van der Waals surface area contributed by atoms with Gasteiger partial charge in [-0.25, -0.2) is 4.79 Å². The van der Waals surface area contributed by atoms with Crippen LogP contribution in [0.2, 0.25) is 0 Å². The van der Waals surface area contributed by atoms with Gasteiger partial charge in [0.25, 0.3) is 0 Å². The average Bonchev–Trinajstić information content (AvgIpc) is 3.02. The van der Waals surface area contributed by atoms with Crippen LogP contribution in [0.4, 0.5) is 10.5 Å². The van der Waals surface area contributed by atoms with E-state index in [1.54, 1.807) is 4.90 Å². The Bertz CT molecular complexity index is 497. The number of rotatable bonds is 4. The lowest BCUT2D eigenvalue weighted by Gasteiger charge is -2.24. The fourth-order valence-electron chi connectivity index (χ4n) is 2.47. The number of benzene rings is 1. The highest BCUT2D eigenvalue weighted by Gasteiger charge is 2.29. The molecule has 5 heteroatoms. The standard InChI is InChI=1S/C12H23NO3.C8H11N/c1-5-15-9-10-6-7-13(8-10)11(14)16-12(2,3)4;1-9(2)8-6-4-3-5-7-8/h10H,5-9H2,1-4H3;3-7H,1-2H3. The topological polar surface area (TPSA) is 42.0 Å². The van der Waals surface area contributed by atoms with Crippen molar-refractivity contribution < 1.29 is 14.3 Å². The van der Waals surface area contributed by atoms with Crippen LogP contribution in [0, 0.1) is 5.92 Å². The molecule has 0 bridgehead atoms. The Labute approximate surface area is 152 Å². The summed E-state index contributed by atoms with van der Waals surface area (Å²) in [6.45, 7) is 10.7. The van der Waals surface area contributed by atoms with Crippen molar-refractivity contribution in [1.29, 1.82) is 0 Å². The van der Waals surface area contributed by atoms with Gasteiger partial charge in [0.1, 0.15) is 5.60 Å². The van der Waals surface area contributed by atoms with E-state index in [-0.39, 0.29) is 6.09 Å². The number of hydrogen-bond donors (Lipinski definition) is 0. The van der Waals surface area contributed by atoms with Gasteiger partial charge in [-0.1, -0.05) is 18.2 Å². The van der Waals surface area contributed by atoms with Gasteiger partial charge in [-0.3, -0.25) is 0 Å². The zero-order valence-electron chi connectivity index (χ0n) is 16.6. The molecule has 1 heterocycles. The smallest absolute Gasteiger partial charge is 0.410 e. The van der Waals surface area contributed by atoms with E-state index in [9.17, 15) is 4.79 Å². The van der Waals surface area contributed by atoms with Gasteiger partial charge in [0.05, 0.1) is 6.61 Å².